The van der Waals surface area contributed by atoms with Crippen molar-refractivity contribution in [2.75, 3.05) is 32.8 Å². The van der Waals surface area contributed by atoms with Crippen molar-refractivity contribution in [1.29, 1.82) is 0 Å². The molecule has 1 fully saturated rings. The Bertz CT molecular complexity index is 927. The molecule has 1 saturated heterocycles. The van der Waals surface area contributed by atoms with Crippen LogP contribution in [0.4, 0.5) is 17.6 Å². The molecule has 1 heterocycles. The Kier molecular flexibility index (Phi) is 6.50. The van der Waals surface area contributed by atoms with E-state index in [0.717, 1.165) is 36.4 Å². The highest BCUT2D eigenvalue weighted by Crippen LogP contribution is 2.30. The van der Waals surface area contributed by atoms with E-state index in [1.54, 1.807) is 0 Å². The first-order valence-corrected chi connectivity index (χ1v) is 9.35. The number of piperazine rings is 1. The summed E-state index contributed by atoms with van der Waals surface area (Å²) < 4.78 is 56.1. The van der Waals surface area contributed by atoms with Crippen LogP contribution >= 0.6 is 11.6 Å². The van der Waals surface area contributed by atoms with E-state index in [2.05, 4.69) is 0 Å². The van der Waals surface area contributed by atoms with Crippen molar-refractivity contribution < 1.29 is 31.9 Å². The summed E-state index contributed by atoms with van der Waals surface area (Å²) in [6.07, 6.45) is -4.44. The van der Waals surface area contributed by atoms with Crippen molar-refractivity contribution in [3.8, 4) is 5.75 Å². The average Bonchev–Trinajstić information content (AvgIpc) is 2.71. The van der Waals surface area contributed by atoms with Gasteiger partial charge in [0.25, 0.3) is 11.8 Å². The van der Waals surface area contributed by atoms with Crippen LogP contribution < -0.4 is 4.74 Å². The van der Waals surface area contributed by atoms with Crippen LogP contribution in [0.25, 0.3) is 0 Å². The van der Waals surface area contributed by atoms with Gasteiger partial charge < -0.3 is 14.5 Å². The maximum absolute atomic E-state index is 13.1. The molecule has 160 valence electrons. The van der Waals surface area contributed by atoms with Gasteiger partial charge in [-0.05, 0) is 42.5 Å². The number of hydrogen-bond acceptors (Lipinski definition) is 3. The summed E-state index contributed by atoms with van der Waals surface area (Å²) in [4.78, 5) is 27.8. The quantitative estimate of drug-likeness (QED) is 0.673. The number of benzene rings is 2. The molecule has 0 atom stereocenters. The number of carbonyl (C=O) groups is 2. The summed E-state index contributed by atoms with van der Waals surface area (Å²) in [7, 11) is 0. The van der Waals surface area contributed by atoms with E-state index in [9.17, 15) is 27.2 Å². The number of rotatable bonds is 4. The number of carbonyl (C=O) groups excluding carboxylic acids is 2. The molecule has 2 amide bonds. The molecule has 0 bridgehead atoms. The fourth-order valence-electron chi connectivity index (χ4n) is 2.97. The van der Waals surface area contributed by atoms with Gasteiger partial charge in [0.1, 0.15) is 11.6 Å². The Labute approximate surface area is 174 Å². The van der Waals surface area contributed by atoms with Crippen molar-refractivity contribution in [2.24, 2.45) is 0 Å². The van der Waals surface area contributed by atoms with Crippen LogP contribution in [0.5, 0.6) is 5.75 Å². The average molecular weight is 445 g/mol. The Morgan fingerprint density at radius 2 is 1.57 bits per heavy atom. The lowest BCUT2D eigenvalue weighted by Crippen LogP contribution is -2.51. The summed E-state index contributed by atoms with van der Waals surface area (Å²) in [6.45, 7) is 0.722. The summed E-state index contributed by atoms with van der Waals surface area (Å²) in [5.74, 6) is -1.09. The lowest BCUT2D eigenvalue weighted by molar-refractivity contribution is -0.138. The molecular weight excluding hydrogens is 428 g/mol. The van der Waals surface area contributed by atoms with Crippen LogP contribution in [0.2, 0.25) is 5.02 Å². The van der Waals surface area contributed by atoms with E-state index in [1.807, 2.05) is 0 Å². The number of amides is 2. The number of ether oxygens (including phenoxy) is 1. The molecule has 10 heteroatoms. The first-order valence-electron chi connectivity index (χ1n) is 8.97. The predicted octanol–water partition coefficient (Wildman–Crippen LogP) is 3.86. The van der Waals surface area contributed by atoms with Crippen molar-refractivity contribution in [2.45, 2.75) is 6.18 Å². The van der Waals surface area contributed by atoms with Gasteiger partial charge in [-0.1, -0.05) is 11.6 Å². The fourth-order valence-corrected chi connectivity index (χ4v) is 3.22. The fraction of sp³-hybridized carbons (Fsp3) is 0.300. The predicted molar refractivity (Wildman–Crippen MR) is 101 cm³/mol. The van der Waals surface area contributed by atoms with Crippen LogP contribution in [0.1, 0.15) is 15.9 Å². The largest absolute Gasteiger partial charge is 0.484 e. The van der Waals surface area contributed by atoms with E-state index >= 15 is 0 Å². The molecule has 5 nitrogen and oxygen atoms in total. The van der Waals surface area contributed by atoms with Crippen LogP contribution in [-0.2, 0) is 11.0 Å². The highest BCUT2D eigenvalue weighted by atomic mass is 35.5. The van der Waals surface area contributed by atoms with Gasteiger partial charge in [-0.2, -0.15) is 13.2 Å². The van der Waals surface area contributed by atoms with Crippen LogP contribution in [0, 0.1) is 5.82 Å². The minimum Gasteiger partial charge on any atom is -0.484 e. The van der Waals surface area contributed by atoms with Crippen molar-refractivity contribution in [1.82, 2.24) is 9.80 Å². The van der Waals surface area contributed by atoms with Crippen molar-refractivity contribution in [3.05, 3.63) is 64.4 Å². The molecule has 0 aliphatic carbocycles. The molecule has 0 N–H and O–H groups in total. The Morgan fingerprint density at radius 3 is 2.13 bits per heavy atom. The zero-order valence-electron chi connectivity index (χ0n) is 15.6. The third kappa shape index (κ3) is 5.21. The second kappa shape index (κ2) is 8.91. The summed E-state index contributed by atoms with van der Waals surface area (Å²) in [5.41, 5.74) is -0.619. The Morgan fingerprint density at radius 1 is 0.967 bits per heavy atom. The number of halogens is 5. The van der Waals surface area contributed by atoms with Crippen molar-refractivity contribution in [3.63, 3.8) is 0 Å². The molecule has 0 radical (unpaired) electrons. The zero-order chi connectivity index (χ0) is 21.9. The minimum absolute atomic E-state index is 0.0171. The van der Waals surface area contributed by atoms with E-state index in [-0.39, 0.29) is 60.9 Å². The number of alkyl halides is 3. The number of nitrogens with zero attached hydrogens (tertiary/aromatic N) is 2. The second-order valence-electron chi connectivity index (χ2n) is 6.61. The monoisotopic (exact) mass is 444 g/mol. The minimum atomic E-state index is -4.44. The third-order valence-electron chi connectivity index (χ3n) is 4.63. The van der Waals surface area contributed by atoms with Gasteiger partial charge in [-0.3, -0.25) is 9.59 Å². The molecule has 1 aliphatic rings. The highest BCUT2D eigenvalue weighted by Gasteiger charge is 2.30. The van der Waals surface area contributed by atoms with Gasteiger partial charge >= 0.3 is 6.18 Å². The van der Waals surface area contributed by atoms with Gasteiger partial charge in [0.05, 0.1) is 16.1 Å². The molecule has 30 heavy (non-hydrogen) atoms. The highest BCUT2D eigenvalue weighted by molar-refractivity contribution is 6.33. The normalized spacial score (nSPS) is 14.6. The lowest BCUT2D eigenvalue weighted by Gasteiger charge is -2.34. The summed E-state index contributed by atoms with van der Waals surface area (Å²) in [6, 6.07) is 7.59. The maximum Gasteiger partial charge on any atom is 0.416 e. The summed E-state index contributed by atoms with van der Waals surface area (Å²) in [5, 5.41) is 0.0171. The van der Waals surface area contributed by atoms with Gasteiger partial charge in [-0.15, -0.1) is 0 Å². The molecule has 0 unspecified atom stereocenters. The van der Waals surface area contributed by atoms with E-state index in [4.69, 9.17) is 16.3 Å². The molecular formula is C20H17ClF4N2O3. The third-order valence-corrected chi connectivity index (χ3v) is 4.94. The van der Waals surface area contributed by atoms with E-state index in [1.165, 1.54) is 15.9 Å². The Balaban J connectivity index is 1.50. The molecule has 3 rings (SSSR count). The van der Waals surface area contributed by atoms with Crippen LogP contribution in [0.15, 0.2) is 42.5 Å². The smallest absolute Gasteiger partial charge is 0.416 e. The summed E-state index contributed by atoms with van der Waals surface area (Å²) >= 11 is 5.93. The molecule has 1 aliphatic heterocycles. The first kappa shape index (κ1) is 21.9. The van der Waals surface area contributed by atoms with E-state index < -0.39 is 17.6 Å². The molecule has 0 aromatic heterocycles. The van der Waals surface area contributed by atoms with Gasteiger partial charge in [0.15, 0.2) is 6.61 Å². The van der Waals surface area contributed by atoms with E-state index in [0.29, 0.717) is 0 Å². The SMILES string of the molecule is O=C(COc1ccc(C(F)(F)F)cc1)N1CCN(C(=O)c2ccc(F)cc2Cl)CC1. The van der Waals surface area contributed by atoms with Gasteiger partial charge in [0.2, 0.25) is 0 Å². The Hall–Kier alpha value is -2.81. The maximum atomic E-state index is 13.1. The molecule has 2 aromatic rings. The van der Waals surface area contributed by atoms with Crippen LogP contribution in [0.3, 0.4) is 0 Å². The first-order chi connectivity index (χ1) is 14.1. The standard InChI is InChI=1S/C20H17ClF4N2O3/c21-17-11-14(22)3-6-16(17)19(29)27-9-7-26(8-10-27)18(28)12-30-15-4-1-13(2-5-15)20(23,24)25/h1-6,11H,7-10,12H2. The number of hydrogen-bond donors (Lipinski definition) is 0. The van der Waals surface area contributed by atoms with Gasteiger partial charge in [-0.25, -0.2) is 4.39 Å². The molecule has 0 saturated carbocycles. The lowest BCUT2D eigenvalue weighted by atomic mass is 10.1. The second-order valence-corrected chi connectivity index (χ2v) is 7.02. The van der Waals surface area contributed by atoms with Gasteiger partial charge in [0, 0.05) is 26.2 Å². The topological polar surface area (TPSA) is 49.9 Å². The molecule has 2 aromatic carbocycles. The molecule has 0 spiro atoms. The van der Waals surface area contributed by atoms with Crippen molar-refractivity contribution >= 4 is 23.4 Å². The zero-order valence-corrected chi connectivity index (χ0v) is 16.3. The van der Waals surface area contributed by atoms with Crippen LogP contribution in [-0.4, -0.2) is 54.4 Å².